The van der Waals surface area contributed by atoms with Gasteiger partial charge in [0.25, 0.3) is 0 Å². The molecule has 2 aromatic carbocycles. The molecule has 236 valence electrons. The molecule has 0 bridgehead atoms. The monoisotopic (exact) mass is 648 g/mol. The molecular weight excluding hydrogens is 632 g/mol. The zero-order valence-electron chi connectivity index (χ0n) is 22.3. The molecule has 0 unspecified atom stereocenters. The van der Waals surface area contributed by atoms with Gasteiger partial charge >= 0.3 is 12.4 Å². The molecule has 0 aliphatic heterocycles. The van der Waals surface area contributed by atoms with Crippen LogP contribution in [0.15, 0.2) is 16.8 Å². The minimum atomic E-state index is -5.95. The standard InChI is InChI=1S/C27H16F14N3/c1-5-44(6-2,7-3)25-10(9(8-42)11-16(28)20(32)14(26(36,37)38)21(33)17(11)29)12(25)24(43-4)13-18(30)22(34)15(27(39,40)41)23(35)19(13)31/h42H,5-7H2,1-3H3/q+1/b24-12-. The zero-order valence-corrected chi connectivity index (χ0v) is 22.3. The Labute approximate surface area is 238 Å². The maximum Gasteiger partial charge on any atom is 0.422 e. The lowest BCUT2D eigenvalue weighted by atomic mass is 9.97. The molecule has 0 radical (unpaired) electrons. The Bertz CT molecular complexity index is 1660. The van der Waals surface area contributed by atoms with E-state index < -0.39 is 108 Å². The lowest BCUT2D eigenvalue weighted by Crippen LogP contribution is -2.44. The summed E-state index contributed by atoms with van der Waals surface area (Å²) < 4.78 is 196. The van der Waals surface area contributed by atoms with Crippen molar-refractivity contribution >= 4 is 17.1 Å². The van der Waals surface area contributed by atoms with Crippen LogP contribution in [-0.4, -0.2) is 30.0 Å². The number of hydrogen-bond acceptors (Lipinski definition) is 1. The summed E-state index contributed by atoms with van der Waals surface area (Å²) in [5.41, 5.74) is -14.8. The Morgan fingerprint density at radius 3 is 1.27 bits per heavy atom. The molecule has 44 heavy (non-hydrogen) atoms. The van der Waals surface area contributed by atoms with Crippen molar-refractivity contribution < 1.29 is 65.9 Å². The number of rotatable bonds is 7. The lowest BCUT2D eigenvalue weighted by Gasteiger charge is -2.33. The van der Waals surface area contributed by atoms with Crippen LogP contribution >= 0.6 is 0 Å². The fourth-order valence-electron chi connectivity index (χ4n) is 4.95. The van der Waals surface area contributed by atoms with Crippen molar-refractivity contribution in [1.82, 2.24) is 0 Å². The Morgan fingerprint density at radius 1 is 0.659 bits per heavy atom. The fourth-order valence-corrected chi connectivity index (χ4v) is 4.95. The van der Waals surface area contributed by atoms with E-state index in [-0.39, 0.29) is 25.3 Å². The minimum absolute atomic E-state index is 0.0344. The molecule has 17 heteroatoms. The Balaban J connectivity index is 2.54. The van der Waals surface area contributed by atoms with E-state index in [2.05, 4.69) is 4.85 Å². The summed E-state index contributed by atoms with van der Waals surface area (Å²) in [7, 11) is 0. The number of alkyl halides is 6. The van der Waals surface area contributed by atoms with Gasteiger partial charge in [-0.3, -0.25) is 9.89 Å². The summed E-state index contributed by atoms with van der Waals surface area (Å²) in [6, 6.07) is 0. The second kappa shape index (κ2) is 11.4. The predicted octanol–water partition coefficient (Wildman–Crippen LogP) is 8.94. The molecule has 0 saturated heterocycles. The topological polar surface area (TPSA) is 28.2 Å². The number of benzene rings is 2. The smallest absolute Gasteiger partial charge is 0.292 e. The van der Waals surface area contributed by atoms with Crippen molar-refractivity contribution in [3.8, 4) is 0 Å². The third-order valence-corrected chi connectivity index (χ3v) is 7.26. The molecule has 1 aliphatic rings. The normalized spacial score (nSPS) is 14.9. The van der Waals surface area contributed by atoms with Crippen molar-refractivity contribution in [2.45, 2.75) is 33.1 Å². The number of allylic oxidation sites excluding steroid dienone is 3. The summed E-state index contributed by atoms with van der Waals surface area (Å²) in [5, 5.41) is 7.56. The first kappa shape index (κ1) is 34.3. The first-order chi connectivity index (χ1) is 20.2. The zero-order chi connectivity index (χ0) is 33.9. The third-order valence-electron chi connectivity index (χ3n) is 7.26. The van der Waals surface area contributed by atoms with E-state index in [9.17, 15) is 61.5 Å². The number of hydrogen-bond donors (Lipinski definition) is 1. The van der Waals surface area contributed by atoms with Crippen molar-refractivity contribution in [2.24, 2.45) is 0 Å². The second-order valence-electron chi connectivity index (χ2n) is 9.16. The largest absolute Gasteiger partial charge is 0.422 e. The minimum Gasteiger partial charge on any atom is -0.292 e. The molecule has 1 aliphatic carbocycles. The fraction of sp³-hybridized carbons (Fsp3) is 0.296. The van der Waals surface area contributed by atoms with Gasteiger partial charge in [-0.1, -0.05) is 0 Å². The molecule has 1 N–H and O–H groups in total. The van der Waals surface area contributed by atoms with Crippen molar-refractivity contribution in [3.63, 3.8) is 0 Å². The maximum atomic E-state index is 15.0. The first-order valence-electron chi connectivity index (χ1n) is 12.1. The SMILES string of the molecule is [C-]#[N+]/C(=C1C(C(=C=N)c2c(F)c(F)c(C(F)(F)F)c(F)c2F)=C/1[N+](CC)(CC)CC)c1c(F)c(F)c(C(F)(F)F)c(F)c1F. The van der Waals surface area contributed by atoms with E-state index in [0.29, 0.717) is 0 Å². The summed E-state index contributed by atoms with van der Waals surface area (Å²) in [6.45, 7) is 11.8. The van der Waals surface area contributed by atoms with Crippen molar-refractivity contribution in [3.05, 3.63) is 97.1 Å². The predicted molar refractivity (Wildman–Crippen MR) is 126 cm³/mol. The van der Waals surface area contributed by atoms with Gasteiger partial charge in [0.05, 0.1) is 54.1 Å². The third kappa shape index (κ3) is 5.05. The molecule has 0 aromatic heterocycles. The van der Waals surface area contributed by atoms with Crippen LogP contribution in [0.4, 0.5) is 61.5 Å². The van der Waals surface area contributed by atoms with Gasteiger partial charge in [-0.05, 0) is 26.6 Å². The summed E-state index contributed by atoms with van der Waals surface area (Å²) in [4.78, 5) is 2.77. The summed E-state index contributed by atoms with van der Waals surface area (Å²) in [5.74, 6) is -21.2. The average molecular weight is 648 g/mol. The van der Waals surface area contributed by atoms with Crippen LogP contribution in [0, 0.1) is 58.5 Å². The number of nitrogens with one attached hydrogen (secondary N) is 1. The van der Waals surface area contributed by atoms with E-state index in [0.717, 1.165) is 0 Å². The van der Waals surface area contributed by atoms with Crippen molar-refractivity contribution in [1.29, 1.82) is 5.41 Å². The maximum absolute atomic E-state index is 15.0. The van der Waals surface area contributed by atoms with Crippen LogP contribution in [0.2, 0.25) is 0 Å². The van der Waals surface area contributed by atoms with Gasteiger partial charge in [-0.2, -0.15) is 26.3 Å². The van der Waals surface area contributed by atoms with Crippen molar-refractivity contribution in [2.75, 3.05) is 19.6 Å². The molecule has 0 fully saturated rings. The Kier molecular flexibility index (Phi) is 8.90. The highest BCUT2D eigenvalue weighted by molar-refractivity contribution is 6.10. The molecule has 0 amide bonds. The average Bonchev–Trinajstić information content (AvgIpc) is 3.66. The van der Waals surface area contributed by atoms with Gasteiger partial charge in [-0.15, -0.1) is 0 Å². The van der Waals surface area contributed by atoms with Crippen LogP contribution in [0.5, 0.6) is 0 Å². The number of nitrogens with zero attached hydrogens (tertiary/aromatic N) is 2. The van der Waals surface area contributed by atoms with E-state index in [1.807, 2.05) is 0 Å². The van der Waals surface area contributed by atoms with Gasteiger partial charge in [0, 0.05) is 0 Å². The van der Waals surface area contributed by atoms with Crippen LogP contribution < -0.4 is 0 Å². The lowest BCUT2D eigenvalue weighted by molar-refractivity contribution is -0.881. The van der Waals surface area contributed by atoms with E-state index in [1.54, 1.807) is 0 Å². The quantitative estimate of drug-likeness (QED) is 0.102. The highest BCUT2D eigenvalue weighted by Crippen LogP contribution is 2.56. The van der Waals surface area contributed by atoms with E-state index in [1.165, 1.54) is 26.6 Å². The molecule has 3 nitrogen and oxygen atoms in total. The van der Waals surface area contributed by atoms with Gasteiger partial charge < -0.3 is 0 Å². The molecule has 0 atom stereocenters. The number of likely N-dealkylation sites (N-methyl/N-ethyl adjacent to an activating group) is 1. The summed E-state index contributed by atoms with van der Waals surface area (Å²) in [6.07, 6.45) is -11.9. The van der Waals surface area contributed by atoms with E-state index in [4.69, 9.17) is 12.0 Å². The molecule has 3 rings (SSSR count). The van der Waals surface area contributed by atoms with Gasteiger partial charge in [-0.25, -0.2) is 40.0 Å². The molecule has 0 saturated carbocycles. The van der Waals surface area contributed by atoms with Gasteiger partial charge in [0.2, 0.25) is 5.70 Å². The van der Waals surface area contributed by atoms with E-state index >= 15 is 0 Å². The molecular formula is C27H16F14N3+. The number of halogens is 14. The van der Waals surface area contributed by atoms with Crippen LogP contribution in [0.3, 0.4) is 0 Å². The molecule has 0 heterocycles. The van der Waals surface area contributed by atoms with Crippen LogP contribution in [0.1, 0.15) is 43.0 Å². The van der Waals surface area contributed by atoms with Crippen LogP contribution in [0.25, 0.3) is 16.1 Å². The van der Waals surface area contributed by atoms with Gasteiger partial charge in [0.1, 0.15) is 16.8 Å². The highest BCUT2D eigenvalue weighted by atomic mass is 19.4. The molecule has 2 aromatic rings. The number of quaternary nitrogens is 1. The second-order valence-corrected chi connectivity index (χ2v) is 9.16. The van der Waals surface area contributed by atoms with Gasteiger partial charge in [0.15, 0.2) is 46.5 Å². The highest BCUT2D eigenvalue weighted by Gasteiger charge is 2.53. The Morgan fingerprint density at radius 2 is 1.00 bits per heavy atom. The molecule has 0 spiro atoms. The van der Waals surface area contributed by atoms with Crippen LogP contribution in [-0.2, 0) is 12.4 Å². The Hall–Kier alpha value is -4.16. The first-order valence-corrected chi connectivity index (χ1v) is 12.1. The summed E-state index contributed by atoms with van der Waals surface area (Å²) >= 11 is 0.